The molecule has 0 saturated heterocycles. The Morgan fingerprint density at radius 1 is 0.867 bits per heavy atom. The van der Waals surface area contributed by atoms with E-state index in [4.69, 9.17) is 11.6 Å². The number of rotatable bonds is 4. The summed E-state index contributed by atoms with van der Waals surface area (Å²) in [6.45, 7) is 3.94. The lowest BCUT2D eigenvalue weighted by Crippen LogP contribution is -2.31. The summed E-state index contributed by atoms with van der Waals surface area (Å²) in [5.41, 5.74) is 3.28. The topological polar surface area (TPSA) is 37.4 Å². The predicted octanol–water partition coefficient (Wildman–Crippen LogP) is 6.17. The number of nitrogens with zero attached hydrogens (tertiary/aromatic N) is 1. The fraction of sp³-hybridized carbons (Fsp3) is 0.0833. The Morgan fingerprint density at radius 2 is 1.60 bits per heavy atom. The van der Waals surface area contributed by atoms with Crippen LogP contribution in [0.3, 0.4) is 0 Å². The third-order valence-electron chi connectivity index (χ3n) is 4.94. The highest BCUT2D eigenvalue weighted by Crippen LogP contribution is 2.42. The lowest BCUT2D eigenvalue weighted by Gasteiger charge is -2.15. The van der Waals surface area contributed by atoms with Gasteiger partial charge in [-0.25, -0.2) is 9.29 Å². The van der Waals surface area contributed by atoms with Crippen LogP contribution in [0.5, 0.6) is 0 Å². The number of imide groups is 1. The van der Waals surface area contributed by atoms with E-state index in [9.17, 15) is 14.0 Å². The number of hydrogen-bond donors (Lipinski definition) is 0. The first-order valence-electron chi connectivity index (χ1n) is 9.25. The van der Waals surface area contributed by atoms with Crippen LogP contribution >= 0.6 is 23.4 Å². The number of hydrogen-bond acceptors (Lipinski definition) is 3. The first-order valence-corrected chi connectivity index (χ1v) is 10.4. The summed E-state index contributed by atoms with van der Waals surface area (Å²) in [6.07, 6.45) is 0. The average molecular weight is 438 g/mol. The van der Waals surface area contributed by atoms with Gasteiger partial charge in [0, 0.05) is 9.92 Å². The Morgan fingerprint density at radius 3 is 2.27 bits per heavy atom. The fourth-order valence-electron chi connectivity index (χ4n) is 3.23. The van der Waals surface area contributed by atoms with E-state index < -0.39 is 17.6 Å². The van der Waals surface area contributed by atoms with E-state index in [0.29, 0.717) is 21.1 Å². The zero-order valence-electron chi connectivity index (χ0n) is 16.3. The maximum absolute atomic E-state index is 13.8. The monoisotopic (exact) mass is 437 g/mol. The van der Waals surface area contributed by atoms with E-state index >= 15 is 0 Å². The van der Waals surface area contributed by atoms with Crippen LogP contribution in [0.1, 0.15) is 16.7 Å². The van der Waals surface area contributed by atoms with Gasteiger partial charge in [0.15, 0.2) is 0 Å². The number of anilines is 1. The Kier molecular flexibility index (Phi) is 5.50. The molecule has 3 aromatic rings. The molecule has 1 aliphatic heterocycles. The summed E-state index contributed by atoms with van der Waals surface area (Å²) < 4.78 is 13.8. The molecule has 3 nitrogen and oxygen atoms in total. The number of halogens is 2. The smallest absolute Gasteiger partial charge is 0.268 e. The van der Waals surface area contributed by atoms with Gasteiger partial charge in [0.05, 0.1) is 16.2 Å². The molecule has 0 N–H and O–H groups in total. The van der Waals surface area contributed by atoms with Gasteiger partial charge in [-0.1, -0.05) is 47.6 Å². The van der Waals surface area contributed by atoms with Crippen LogP contribution in [0.15, 0.2) is 76.5 Å². The third-order valence-corrected chi connectivity index (χ3v) is 6.28. The van der Waals surface area contributed by atoms with E-state index in [1.54, 1.807) is 30.3 Å². The van der Waals surface area contributed by atoms with Crippen LogP contribution in [0.25, 0.3) is 5.57 Å². The van der Waals surface area contributed by atoms with E-state index in [1.165, 1.54) is 30.0 Å². The summed E-state index contributed by atoms with van der Waals surface area (Å²) >= 11 is 7.17. The summed E-state index contributed by atoms with van der Waals surface area (Å²) in [7, 11) is 0. The lowest BCUT2D eigenvalue weighted by molar-refractivity contribution is -0.119. The number of thioether (sulfide) groups is 1. The largest absolute Gasteiger partial charge is 0.272 e. The molecule has 0 saturated carbocycles. The van der Waals surface area contributed by atoms with Crippen molar-refractivity contribution in [3.8, 4) is 0 Å². The van der Waals surface area contributed by atoms with Gasteiger partial charge in [0.1, 0.15) is 5.82 Å². The predicted molar refractivity (Wildman–Crippen MR) is 119 cm³/mol. The second kappa shape index (κ2) is 8.09. The average Bonchev–Trinajstić information content (AvgIpc) is 2.95. The van der Waals surface area contributed by atoms with Gasteiger partial charge >= 0.3 is 0 Å². The molecule has 0 radical (unpaired) electrons. The van der Waals surface area contributed by atoms with Crippen molar-refractivity contribution in [1.82, 2.24) is 0 Å². The van der Waals surface area contributed by atoms with Crippen molar-refractivity contribution < 1.29 is 14.0 Å². The molecule has 0 fully saturated rings. The maximum Gasteiger partial charge on any atom is 0.272 e. The zero-order chi connectivity index (χ0) is 21.4. The minimum Gasteiger partial charge on any atom is -0.268 e. The number of aryl methyl sites for hydroxylation is 2. The Balaban J connectivity index is 1.84. The second-order valence-electron chi connectivity index (χ2n) is 6.98. The van der Waals surface area contributed by atoms with Crippen LogP contribution in [0.4, 0.5) is 10.1 Å². The SMILES string of the molecule is Cc1ccc(C2=C(Sc3ccc(Cl)cc3)C(=O)N(c3cccc(F)c3)C2=O)cc1C. The number of carbonyl (C=O) groups excluding carboxylic acids is 2. The van der Waals surface area contributed by atoms with Crippen molar-refractivity contribution in [2.24, 2.45) is 0 Å². The van der Waals surface area contributed by atoms with Crippen molar-refractivity contribution in [2.45, 2.75) is 18.7 Å². The molecule has 0 bridgehead atoms. The molecule has 3 aromatic carbocycles. The van der Waals surface area contributed by atoms with E-state index in [1.807, 2.05) is 32.0 Å². The van der Waals surface area contributed by atoms with Crippen molar-refractivity contribution in [1.29, 1.82) is 0 Å². The second-order valence-corrected chi connectivity index (χ2v) is 8.50. The normalized spacial score (nSPS) is 14.1. The molecule has 0 aliphatic carbocycles. The van der Waals surface area contributed by atoms with E-state index in [2.05, 4.69) is 0 Å². The molecule has 4 rings (SSSR count). The van der Waals surface area contributed by atoms with Gasteiger partial charge in [-0.2, -0.15) is 0 Å². The summed E-state index contributed by atoms with van der Waals surface area (Å²) in [6, 6.07) is 18.2. The first-order chi connectivity index (χ1) is 14.3. The molecule has 30 heavy (non-hydrogen) atoms. The molecule has 6 heteroatoms. The first kappa shape index (κ1) is 20.4. The highest BCUT2D eigenvalue weighted by atomic mass is 35.5. The molecule has 1 heterocycles. The Hall–Kier alpha value is -2.89. The molecular weight excluding hydrogens is 421 g/mol. The van der Waals surface area contributed by atoms with Crippen LogP contribution in [-0.2, 0) is 9.59 Å². The van der Waals surface area contributed by atoms with Gasteiger partial charge in [-0.05, 0) is 73.0 Å². The van der Waals surface area contributed by atoms with Crippen LogP contribution < -0.4 is 4.90 Å². The van der Waals surface area contributed by atoms with Crippen molar-refractivity contribution in [3.63, 3.8) is 0 Å². The third kappa shape index (κ3) is 3.78. The molecule has 0 aromatic heterocycles. The van der Waals surface area contributed by atoms with Crippen molar-refractivity contribution in [3.05, 3.63) is 99.2 Å². The minimum atomic E-state index is -0.514. The van der Waals surface area contributed by atoms with Gasteiger partial charge in [-0.3, -0.25) is 9.59 Å². The zero-order valence-corrected chi connectivity index (χ0v) is 17.9. The quantitative estimate of drug-likeness (QED) is 0.458. The molecule has 2 amide bonds. The standard InChI is InChI=1S/C24H17ClFNO2S/c1-14-6-7-16(12-15(14)2)21-22(30-20-10-8-17(25)9-11-20)24(29)27(23(21)28)19-5-3-4-18(26)13-19/h3-13H,1-2H3. The number of amides is 2. The van der Waals surface area contributed by atoms with Crippen molar-refractivity contribution in [2.75, 3.05) is 4.90 Å². The Labute approximate surface area is 183 Å². The van der Waals surface area contributed by atoms with Crippen LogP contribution in [-0.4, -0.2) is 11.8 Å². The van der Waals surface area contributed by atoms with Gasteiger partial charge in [0.25, 0.3) is 11.8 Å². The van der Waals surface area contributed by atoms with Gasteiger partial charge in [-0.15, -0.1) is 0 Å². The van der Waals surface area contributed by atoms with Crippen molar-refractivity contribution >= 4 is 46.4 Å². The number of carbonyl (C=O) groups is 2. The molecule has 1 aliphatic rings. The Bertz CT molecular complexity index is 1200. The number of benzene rings is 3. The van der Waals surface area contributed by atoms with E-state index in [0.717, 1.165) is 20.9 Å². The van der Waals surface area contributed by atoms with Gasteiger partial charge < -0.3 is 0 Å². The molecular formula is C24H17ClFNO2S. The highest BCUT2D eigenvalue weighted by molar-refractivity contribution is 8.04. The highest BCUT2D eigenvalue weighted by Gasteiger charge is 2.40. The molecule has 0 unspecified atom stereocenters. The molecule has 150 valence electrons. The summed E-state index contributed by atoms with van der Waals surface area (Å²) in [4.78, 5) is 28.8. The molecule has 0 spiro atoms. The minimum absolute atomic E-state index is 0.207. The lowest BCUT2D eigenvalue weighted by atomic mass is 10.0. The van der Waals surface area contributed by atoms with E-state index in [-0.39, 0.29) is 5.69 Å². The summed E-state index contributed by atoms with van der Waals surface area (Å²) in [5.74, 6) is -1.45. The van der Waals surface area contributed by atoms with Crippen LogP contribution in [0.2, 0.25) is 5.02 Å². The molecule has 0 atom stereocenters. The maximum atomic E-state index is 13.8. The summed E-state index contributed by atoms with van der Waals surface area (Å²) in [5, 5.41) is 0.581. The van der Waals surface area contributed by atoms with Gasteiger partial charge in [0.2, 0.25) is 0 Å². The fourth-order valence-corrected chi connectivity index (χ4v) is 4.35. The van der Waals surface area contributed by atoms with Crippen LogP contribution in [0, 0.1) is 19.7 Å².